The van der Waals surface area contributed by atoms with Crippen molar-refractivity contribution in [1.29, 1.82) is 0 Å². The molecule has 2 aromatic heterocycles. The minimum Gasteiger partial charge on any atom is -0.373 e. The Morgan fingerprint density at radius 2 is 1.92 bits per heavy atom. The van der Waals surface area contributed by atoms with E-state index in [1.54, 1.807) is 23.6 Å². The topological polar surface area (TPSA) is 35.0 Å². The standard InChI is InChI=1S/C29H33F2N5S/c1-21(29(31)10-15-34(16-11-29)19-22-9-17-37-20-22)35-13-7-24(8-14-35)36-27-6-5-23(30)18-26(27)33-28(36)25-4-2-3-12-32-25/h2-6,9,12,17,20,24,26H,1,7-8,10-11,13-16,18-19H2. The molecule has 2 aromatic rings. The lowest BCUT2D eigenvalue weighted by atomic mass is 9.88. The van der Waals surface area contributed by atoms with E-state index in [1.807, 2.05) is 24.3 Å². The molecule has 4 aliphatic rings. The van der Waals surface area contributed by atoms with Gasteiger partial charge in [0.2, 0.25) is 0 Å². The van der Waals surface area contributed by atoms with E-state index in [0.717, 1.165) is 62.8 Å². The maximum atomic E-state index is 16.1. The van der Waals surface area contributed by atoms with Gasteiger partial charge in [0.15, 0.2) is 11.5 Å². The highest BCUT2D eigenvalue weighted by Gasteiger charge is 2.43. The molecule has 5 heterocycles. The van der Waals surface area contributed by atoms with Gasteiger partial charge in [0.25, 0.3) is 0 Å². The van der Waals surface area contributed by atoms with Crippen molar-refractivity contribution in [3.63, 3.8) is 0 Å². The molecular formula is C29H33F2N5S. The first kappa shape index (κ1) is 24.5. The molecule has 0 saturated carbocycles. The Hall–Kier alpha value is -2.84. The highest BCUT2D eigenvalue weighted by molar-refractivity contribution is 7.07. The van der Waals surface area contributed by atoms with E-state index in [0.29, 0.717) is 25.0 Å². The smallest absolute Gasteiger partial charge is 0.155 e. The first-order valence-corrected chi connectivity index (χ1v) is 14.2. The number of rotatable bonds is 6. The highest BCUT2D eigenvalue weighted by Crippen LogP contribution is 2.39. The molecule has 0 aromatic carbocycles. The van der Waals surface area contributed by atoms with E-state index >= 15 is 4.39 Å². The van der Waals surface area contributed by atoms with Crippen LogP contribution in [0.15, 0.2) is 82.2 Å². The second kappa shape index (κ2) is 10.1. The predicted molar refractivity (Wildman–Crippen MR) is 145 cm³/mol. The van der Waals surface area contributed by atoms with E-state index in [-0.39, 0.29) is 17.9 Å². The zero-order valence-corrected chi connectivity index (χ0v) is 21.8. The number of pyridine rings is 1. The summed E-state index contributed by atoms with van der Waals surface area (Å²) in [5, 5.41) is 4.26. The number of aromatic nitrogens is 1. The van der Waals surface area contributed by atoms with E-state index in [2.05, 4.69) is 43.1 Å². The Morgan fingerprint density at radius 1 is 1.11 bits per heavy atom. The normalized spacial score (nSPS) is 24.4. The molecule has 2 fully saturated rings. The lowest BCUT2D eigenvalue weighted by Gasteiger charge is -2.45. The zero-order chi connectivity index (χ0) is 25.4. The molecule has 6 rings (SSSR count). The van der Waals surface area contributed by atoms with Gasteiger partial charge in [0, 0.05) is 62.8 Å². The zero-order valence-electron chi connectivity index (χ0n) is 21.0. The number of thiophene rings is 1. The van der Waals surface area contributed by atoms with Gasteiger partial charge >= 0.3 is 0 Å². The van der Waals surface area contributed by atoms with Gasteiger partial charge in [-0.15, -0.1) is 0 Å². The molecule has 5 nitrogen and oxygen atoms in total. The summed E-state index contributed by atoms with van der Waals surface area (Å²) in [6, 6.07) is 7.95. The Labute approximate surface area is 221 Å². The van der Waals surface area contributed by atoms with E-state index < -0.39 is 5.67 Å². The first-order chi connectivity index (χ1) is 18.0. The summed E-state index contributed by atoms with van der Waals surface area (Å²) in [5.41, 5.74) is 2.45. The van der Waals surface area contributed by atoms with Crippen molar-refractivity contribution in [3.05, 3.63) is 88.4 Å². The molecule has 1 unspecified atom stereocenters. The molecule has 1 aliphatic carbocycles. The Bertz CT molecular complexity index is 1210. The molecule has 2 saturated heterocycles. The molecule has 0 N–H and O–H groups in total. The van der Waals surface area contributed by atoms with Gasteiger partial charge in [0.1, 0.15) is 11.5 Å². The molecule has 0 amide bonds. The Kier molecular flexibility index (Phi) is 6.71. The SMILES string of the molecule is C=C(N1CCC(N2C3=CC=C(F)CC3N=C2c2ccccn2)CC1)C1(F)CCN(Cc2ccsc2)CC1. The van der Waals surface area contributed by atoms with E-state index in [9.17, 15) is 4.39 Å². The summed E-state index contributed by atoms with van der Waals surface area (Å²) in [4.78, 5) is 16.2. The molecule has 3 aliphatic heterocycles. The Balaban J connectivity index is 1.11. The first-order valence-electron chi connectivity index (χ1n) is 13.2. The molecule has 0 radical (unpaired) electrons. The number of piperidine rings is 2. The number of halogens is 2. The van der Waals surface area contributed by atoms with Crippen molar-refractivity contribution >= 4 is 17.2 Å². The molecule has 0 spiro atoms. The van der Waals surface area contributed by atoms with Crippen molar-refractivity contribution in [3.8, 4) is 0 Å². The summed E-state index contributed by atoms with van der Waals surface area (Å²) in [6.07, 6.45) is 8.20. The number of hydrogen-bond acceptors (Lipinski definition) is 6. The van der Waals surface area contributed by atoms with Crippen LogP contribution < -0.4 is 0 Å². The number of amidine groups is 1. The Morgan fingerprint density at radius 3 is 2.62 bits per heavy atom. The van der Waals surface area contributed by atoms with Crippen LogP contribution in [0, 0.1) is 0 Å². The van der Waals surface area contributed by atoms with Crippen LogP contribution in [0.25, 0.3) is 0 Å². The van der Waals surface area contributed by atoms with Crippen LogP contribution in [0.1, 0.15) is 43.4 Å². The van der Waals surface area contributed by atoms with Crippen molar-refractivity contribution in [2.75, 3.05) is 26.2 Å². The van der Waals surface area contributed by atoms with Gasteiger partial charge in [-0.25, -0.2) is 8.78 Å². The maximum Gasteiger partial charge on any atom is 0.155 e. The molecule has 8 heteroatoms. The second-order valence-electron chi connectivity index (χ2n) is 10.5. The number of nitrogens with zero attached hydrogens (tertiary/aromatic N) is 5. The summed E-state index contributed by atoms with van der Waals surface area (Å²) in [5.74, 6) is 0.678. The number of likely N-dealkylation sites (tertiary alicyclic amines) is 2. The fourth-order valence-electron chi connectivity index (χ4n) is 6.07. The highest BCUT2D eigenvalue weighted by atomic mass is 32.1. The lowest BCUT2D eigenvalue weighted by molar-refractivity contribution is 0.0512. The lowest BCUT2D eigenvalue weighted by Crippen LogP contribution is -2.50. The number of hydrogen-bond donors (Lipinski definition) is 0. The summed E-state index contributed by atoms with van der Waals surface area (Å²) >= 11 is 1.71. The van der Waals surface area contributed by atoms with Crippen LogP contribution in [0.3, 0.4) is 0 Å². The minimum atomic E-state index is -1.34. The van der Waals surface area contributed by atoms with Crippen molar-refractivity contribution in [2.45, 2.75) is 56.4 Å². The van der Waals surface area contributed by atoms with Crippen molar-refractivity contribution in [2.24, 2.45) is 4.99 Å². The van der Waals surface area contributed by atoms with Gasteiger partial charge in [-0.1, -0.05) is 12.6 Å². The predicted octanol–water partition coefficient (Wildman–Crippen LogP) is 5.70. The van der Waals surface area contributed by atoms with Crippen molar-refractivity contribution < 1.29 is 8.78 Å². The van der Waals surface area contributed by atoms with E-state index in [1.165, 1.54) is 5.56 Å². The van der Waals surface area contributed by atoms with Crippen LogP contribution in [0.2, 0.25) is 0 Å². The molecule has 0 bridgehead atoms. The average Bonchev–Trinajstić information content (AvgIpc) is 3.58. The van der Waals surface area contributed by atoms with Gasteiger partial charge in [0.05, 0.1) is 6.04 Å². The average molecular weight is 522 g/mol. The summed E-state index contributed by atoms with van der Waals surface area (Å²) in [7, 11) is 0. The van der Waals surface area contributed by atoms with E-state index in [4.69, 9.17) is 4.99 Å². The minimum absolute atomic E-state index is 0.138. The monoisotopic (exact) mass is 521 g/mol. The summed E-state index contributed by atoms with van der Waals surface area (Å²) < 4.78 is 30.1. The van der Waals surface area contributed by atoms with Crippen LogP contribution in [-0.4, -0.2) is 69.5 Å². The third-order valence-electron chi connectivity index (χ3n) is 8.21. The summed E-state index contributed by atoms with van der Waals surface area (Å²) in [6.45, 7) is 8.15. The third-order valence-corrected chi connectivity index (χ3v) is 8.94. The van der Waals surface area contributed by atoms with Gasteiger partial charge < -0.3 is 9.80 Å². The van der Waals surface area contributed by atoms with Crippen LogP contribution in [-0.2, 0) is 6.54 Å². The second-order valence-corrected chi connectivity index (χ2v) is 11.3. The fraction of sp³-hybridized carbons (Fsp3) is 0.448. The van der Waals surface area contributed by atoms with Crippen LogP contribution in [0.5, 0.6) is 0 Å². The number of fused-ring (bicyclic) bond motifs is 1. The number of allylic oxidation sites excluding steroid dienone is 3. The largest absolute Gasteiger partial charge is 0.373 e. The van der Waals surface area contributed by atoms with Gasteiger partial charge in [-0.3, -0.25) is 14.9 Å². The quantitative estimate of drug-likeness (QED) is 0.489. The van der Waals surface area contributed by atoms with Crippen LogP contribution in [0.4, 0.5) is 8.78 Å². The number of aliphatic imine (C=N–C) groups is 1. The van der Waals surface area contributed by atoms with Crippen molar-refractivity contribution in [1.82, 2.24) is 19.7 Å². The maximum absolute atomic E-state index is 16.1. The molecule has 194 valence electrons. The third kappa shape index (κ3) is 4.89. The molecule has 37 heavy (non-hydrogen) atoms. The van der Waals surface area contributed by atoms with Crippen LogP contribution >= 0.6 is 11.3 Å². The molecule has 1 atom stereocenters. The number of alkyl halides is 1. The van der Waals surface area contributed by atoms with Gasteiger partial charge in [-0.05, 0) is 72.4 Å². The molecular weight excluding hydrogens is 488 g/mol. The fourth-order valence-corrected chi connectivity index (χ4v) is 6.73. The van der Waals surface area contributed by atoms with Gasteiger partial charge in [-0.2, -0.15) is 11.3 Å².